The number of carbonyl (C=O) groups excluding carboxylic acids is 2. The predicted molar refractivity (Wildman–Crippen MR) is 109 cm³/mol. The lowest BCUT2D eigenvalue weighted by atomic mass is 9.83. The van der Waals surface area contributed by atoms with Crippen LogP contribution in [0.15, 0.2) is 24.3 Å². The molecule has 3 fully saturated rings. The normalized spacial score (nSPS) is 31.9. The first kappa shape index (κ1) is 20.4. The highest BCUT2D eigenvalue weighted by Crippen LogP contribution is 2.43. The summed E-state index contributed by atoms with van der Waals surface area (Å²) in [5.41, 5.74) is 0.896. The number of amides is 2. The molecule has 1 spiro atoms. The predicted octanol–water partition coefficient (Wildman–Crippen LogP) is 3.04. The Balaban J connectivity index is 1.57. The van der Waals surface area contributed by atoms with Gasteiger partial charge in [0.25, 0.3) is 5.91 Å². The summed E-state index contributed by atoms with van der Waals surface area (Å²) >= 11 is 0. The zero-order valence-corrected chi connectivity index (χ0v) is 17.5. The third kappa shape index (κ3) is 4.05. The van der Waals surface area contributed by atoms with Crippen molar-refractivity contribution in [3.05, 3.63) is 35.4 Å². The van der Waals surface area contributed by atoms with Crippen LogP contribution in [0.5, 0.6) is 0 Å². The van der Waals surface area contributed by atoms with E-state index in [9.17, 15) is 9.59 Å². The maximum absolute atomic E-state index is 13.6. The van der Waals surface area contributed by atoms with E-state index in [4.69, 9.17) is 9.47 Å². The van der Waals surface area contributed by atoms with Crippen LogP contribution in [0.4, 0.5) is 0 Å². The number of hydrogen-bond acceptors (Lipinski definition) is 4. The monoisotopic (exact) mass is 400 g/mol. The molecule has 1 aromatic rings. The van der Waals surface area contributed by atoms with Crippen LogP contribution in [0.1, 0.15) is 61.4 Å². The molecule has 0 bridgehead atoms. The molecule has 2 aliphatic heterocycles. The summed E-state index contributed by atoms with van der Waals surface area (Å²) < 4.78 is 11.9. The van der Waals surface area contributed by atoms with Crippen LogP contribution in [0.2, 0.25) is 0 Å². The van der Waals surface area contributed by atoms with Gasteiger partial charge in [0.2, 0.25) is 5.91 Å². The van der Waals surface area contributed by atoms with E-state index >= 15 is 0 Å². The molecule has 4 rings (SSSR count). The van der Waals surface area contributed by atoms with E-state index < -0.39 is 11.8 Å². The molecular formula is C23H32N2O4. The molecule has 6 heteroatoms. The lowest BCUT2D eigenvalue weighted by Crippen LogP contribution is -2.57. The summed E-state index contributed by atoms with van der Waals surface area (Å²) in [5.74, 6) is 0.373. The van der Waals surface area contributed by atoms with Crippen LogP contribution in [-0.2, 0) is 14.3 Å². The van der Waals surface area contributed by atoms with Crippen LogP contribution in [0, 0.1) is 12.8 Å². The van der Waals surface area contributed by atoms with E-state index in [2.05, 4.69) is 12.2 Å². The van der Waals surface area contributed by atoms with Crippen LogP contribution < -0.4 is 5.32 Å². The third-order valence-corrected chi connectivity index (χ3v) is 6.74. The minimum Gasteiger partial charge on any atom is -0.376 e. The molecule has 1 saturated carbocycles. The van der Waals surface area contributed by atoms with Gasteiger partial charge in [0, 0.05) is 18.7 Å². The molecule has 29 heavy (non-hydrogen) atoms. The fourth-order valence-corrected chi connectivity index (χ4v) is 4.86. The van der Waals surface area contributed by atoms with E-state index in [1.165, 1.54) is 0 Å². The standard InChI is InChI=1S/C23H32N2O4/c1-16-9-11-23(12-10-16)25(22(27)19-8-4-3-6-17(19)2)20(15-29-23)21(26)24-14-18-7-5-13-28-18/h3-4,6,8,16,18,20H,5,7,9-15H2,1-2H3,(H,24,26)/t16?,18-,20+,23?/m1/s1. The molecule has 1 N–H and O–H groups in total. The molecule has 1 aliphatic carbocycles. The number of benzene rings is 1. The van der Waals surface area contributed by atoms with Gasteiger partial charge in [0.15, 0.2) is 0 Å². The molecule has 158 valence electrons. The second-order valence-corrected chi connectivity index (χ2v) is 8.83. The molecule has 0 unspecified atom stereocenters. The minimum absolute atomic E-state index is 0.0753. The topological polar surface area (TPSA) is 67.9 Å². The summed E-state index contributed by atoms with van der Waals surface area (Å²) in [5, 5.41) is 3.01. The molecule has 2 heterocycles. The summed E-state index contributed by atoms with van der Waals surface area (Å²) in [4.78, 5) is 28.5. The Morgan fingerprint density at radius 3 is 2.66 bits per heavy atom. The van der Waals surface area contributed by atoms with Gasteiger partial charge in [-0.05, 0) is 63.0 Å². The fourth-order valence-electron chi connectivity index (χ4n) is 4.86. The molecule has 2 amide bonds. The first-order valence-corrected chi connectivity index (χ1v) is 10.9. The number of rotatable bonds is 4. The first-order chi connectivity index (χ1) is 14.0. The molecule has 0 aromatic heterocycles. The summed E-state index contributed by atoms with van der Waals surface area (Å²) in [7, 11) is 0. The van der Waals surface area contributed by atoms with Crippen molar-refractivity contribution in [1.29, 1.82) is 0 Å². The Kier molecular flexibility index (Phi) is 5.93. The summed E-state index contributed by atoms with van der Waals surface area (Å²) in [6.07, 6.45) is 5.64. The average molecular weight is 401 g/mol. The maximum Gasteiger partial charge on any atom is 0.257 e. The second kappa shape index (κ2) is 8.44. The first-order valence-electron chi connectivity index (χ1n) is 10.9. The van der Waals surface area contributed by atoms with Crippen molar-refractivity contribution >= 4 is 11.8 Å². The smallest absolute Gasteiger partial charge is 0.257 e. The van der Waals surface area contributed by atoms with E-state index in [-0.39, 0.29) is 24.5 Å². The van der Waals surface area contributed by atoms with E-state index in [1.54, 1.807) is 4.90 Å². The Morgan fingerprint density at radius 1 is 1.21 bits per heavy atom. The van der Waals surface area contributed by atoms with Gasteiger partial charge in [-0.1, -0.05) is 25.1 Å². The second-order valence-electron chi connectivity index (χ2n) is 8.83. The van der Waals surface area contributed by atoms with E-state index in [0.717, 1.165) is 50.7 Å². The zero-order valence-electron chi connectivity index (χ0n) is 17.5. The maximum atomic E-state index is 13.6. The van der Waals surface area contributed by atoms with E-state index in [1.807, 2.05) is 31.2 Å². The quantitative estimate of drug-likeness (QED) is 0.844. The average Bonchev–Trinajstić information content (AvgIpc) is 3.37. The lowest BCUT2D eigenvalue weighted by Gasteiger charge is -2.43. The highest BCUT2D eigenvalue weighted by atomic mass is 16.5. The van der Waals surface area contributed by atoms with Gasteiger partial charge in [-0.15, -0.1) is 0 Å². The molecule has 1 aromatic carbocycles. The van der Waals surface area contributed by atoms with Gasteiger partial charge in [-0.25, -0.2) is 0 Å². The van der Waals surface area contributed by atoms with Crippen LogP contribution in [0.3, 0.4) is 0 Å². The Labute approximate surface area is 172 Å². The number of ether oxygens (including phenoxy) is 2. The summed E-state index contributed by atoms with van der Waals surface area (Å²) in [6.45, 7) is 5.68. The number of nitrogens with one attached hydrogen (secondary N) is 1. The van der Waals surface area contributed by atoms with Crippen LogP contribution >= 0.6 is 0 Å². The Hall–Kier alpha value is -1.92. The fraction of sp³-hybridized carbons (Fsp3) is 0.652. The summed E-state index contributed by atoms with van der Waals surface area (Å²) in [6, 6.07) is 6.98. The van der Waals surface area contributed by atoms with Crippen molar-refractivity contribution in [2.45, 2.75) is 70.2 Å². The Bertz CT molecular complexity index is 751. The van der Waals surface area contributed by atoms with Crippen molar-refractivity contribution < 1.29 is 19.1 Å². The van der Waals surface area contributed by atoms with Crippen molar-refractivity contribution in [1.82, 2.24) is 10.2 Å². The van der Waals surface area contributed by atoms with Gasteiger partial charge in [0.1, 0.15) is 11.8 Å². The van der Waals surface area contributed by atoms with Crippen molar-refractivity contribution in [3.63, 3.8) is 0 Å². The van der Waals surface area contributed by atoms with Gasteiger partial charge < -0.3 is 14.8 Å². The van der Waals surface area contributed by atoms with Gasteiger partial charge in [-0.2, -0.15) is 0 Å². The number of carbonyl (C=O) groups is 2. The van der Waals surface area contributed by atoms with Crippen molar-refractivity contribution in [2.75, 3.05) is 19.8 Å². The Morgan fingerprint density at radius 2 is 1.97 bits per heavy atom. The minimum atomic E-state index is -0.669. The van der Waals surface area contributed by atoms with Gasteiger partial charge in [0.05, 0.1) is 12.7 Å². The number of nitrogens with zero attached hydrogens (tertiary/aromatic N) is 1. The highest BCUT2D eigenvalue weighted by molar-refractivity contribution is 5.99. The molecule has 0 radical (unpaired) electrons. The molecule has 6 nitrogen and oxygen atoms in total. The molecular weight excluding hydrogens is 368 g/mol. The van der Waals surface area contributed by atoms with Gasteiger partial charge in [-0.3, -0.25) is 14.5 Å². The lowest BCUT2D eigenvalue weighted by molar-refractivity contribution is -0.128. The van der Waals surface area contributed by atoms with Crippen LogP contribution in [0.25, 0.3) is 0 Å². The zero-order chi connectivity index (χ0) is 20.4. The van der Waals surface area contributed by atoms with Crippen molar-refractivity contribution in [3.8, 4) is 0 Å². The van der Waals surface area contributed by atoms with Gasteiger partial charge >= 0.3 is 0 Å². The third-order valence-electron chi connectivity index (χ3n) is 6.74. The molecule has 3 aliphatic rings. The SMILES string of the molecule is Cc1ccccc1C(=O)N1[C@H](C(=O)NC[C@H]2CCCO2)COC12CCC(C)CC2. The molecule has 2 saturated heterocycles. The van der Waals surface area contributed by atoms with E-state index in [0.29, 0.717) is 18.0 Å². The van der Waals surface area contributed by atoms with Crippen LogP contribution in [-0.4, -0.2) is 54.3 Å². The largest absolute Gasteiger partial charge is 0.376 e. The number of hydrogen-bond donors (Lipinski definition) is 1. The highest BCUT2D eigenvalue weighted by Gasteiger charge is 2.53. The molecule has 2 atom stereocenters. The van der Waals surface area contributed by atoms with Crippen molar-refractivity contribution in [2.24, 2.45) is 5.92 Å². The number of aryl methyl sites for hydroxylation is 1.